The van der Waals surface area contributed by atoms with Gasteiger partial charge in [0.15, 0.2) is 0 Å². The lowest BCUT2D eigenvalue weighted by Crippen LogP contribution is -2.26. The highest BCUT2D eigenvalue weighted by Gasteiger charge is 2.45. The summed E-state index contributed by atoms with van der Waals surface area (Å²) in [6, 6.07) is 0. The molecule has 0 aromatic carbocycles. The molecule has 78 valence electrons. The molecule has 0 radical (unpaired) electrons. The maximum atomic E-state index is 11.5. The van der Waals surface area contributed by atoms with Crippen LogP contribution in [-0.2, 0) is 9.53 Å². The fourth-order valence-electron chi connectivity index (χ4n) is 2.62. The van der Waals surface area contributed by atoms with Gasteiger partial charge in [0.25, 0.3) is 0 Å². The number of carbonyl (C=O) groups excluding carboxylic acids is 1. The number of fused-ring (bicyclic) bond motifs is 1. The van der Waals surface area contributed by atoms with E-state index in [0.29, 0.717) is 6.61 Å². The van der Waals surface area contributed by atoms with Crippen molar-refractivity contribution in [2.75, 3.05) is 6.61 Å². The number of cyclic esters (lactones) is 1. The molecule has 0 spiro atoms. The number of unbranched alkanes of at least 4 members (excludes halogenated alkanes) is 1. The smallest absolute Gasteiger partial charge is 0.334 e. The van der Waals surface area contributed by atoms with Crippen LogP contribution in [0.4, 0.5) is 0 Å². The third-order valence-corrected chi connectivity index (χ3v) is 3.49. The normalized spacial score (nSPS) is 30.9. The average Bonchev–Trinajstić information content (AvgIpc) is 2.55. The van der Waals surface area contributed by atoms with E-state index in [2.05, 4.69) is 13.0 Å². The van der Waals surface area contributed by atoms with E-state index in [1.165, 1.54) is 19.3 Å². The Bertz CT molecular complexity index is 267. The Morgan fingerprint density at radius 3 is 3.21 bits per heavy atom. The van der Waals surface area contributed by atoms with Crippen molar-refractivity contribution in [3.05, 3.63) is 11.6 Å². The van der Waals surface area contributed by atoms with Crippen molar-refractivity contribution in [2.45, 2.75) is 45.4 Å². The quantitative estimate of drug-likeness (QED) is 0.646. The van der Waals surface area contributed by atoms with Gasteiger partial charge in [-0.05, 0) is 25.7 Å². The van der Waals surface area contributed by atoms with E-state index in [0.717, 1.165) is 24.8 Å². The summed E-state index contributed by atoms with van der Waals surface area (Å²) in [4.78, 5) is 11.5. The number of allylic oxidation sites excluding steroid dienone is 1. The van der Waals surface area contributed by atoms with Gasteiger partial charge < -0.3 is 4.74 Å². The van der Waals surface area contributed by atoms with Gasteiger partial charge in [-0.3, -0.25) is 0 Å². The molecule has 1 atom stereocenters. The maximum absolute atomic E-state index is 11.5. The van der Waals surface area contributed by atoms with Crippen molar-refractivity contribution < 1.29 is 9.53 Å². The number of rotatable bonds is 3. The fourth-order valence-corrected chi connectivity index (χ4v) is 2.62. The largest absolute Gasteiger partial charge is 0.461 e. The molecule has 2 nitrogen and oxygen atoms in total. The SMILES string of the molecule is CCCCC12CCCC=C1C(=O)OC2. The first-order valence-corrected chi connectivity index (χ1v) is 5.66. The molecular weight excluding hydrogens is 176 g/mol. The van der Waals surface area contributed by atoms with Crippen molar-refractivity contribution in [2.24, 2.45) is 5.41 Å². The fraction of sp³-hybridized carbons (Fsp3) is 0.750. The van der Waals surface area contributed by atoms with Crippen LogP contribution >= 0.6 is 0 Å². The molecule has 0 bridgehead atoms. The maximum Gasteiger partial charge on any atom is 0.334 e. The van der Waals surface area contributed by atoms with Gasteiger partial charge in [-0.25, -0.2) is 4.79 Å². The molecule has 0 aromatic heterocycles. The van der Waals surface area contributed by atoms with E-state index in [4.69, 9.17) is 4.74 Å². The summed E-state index contributed by atoms with van der Waals surface area (Å²) in [7, 11) is 0. The minimum atomic E-state index is -0.0548. The molecular formula is C12H18O2. The van der Waals surface area contributed by atoms with E-state index in [1.807, 2.05) is 0 Å². The van der Waals surface area contributed by atoms with Gasteiger partial charge >= 0.3 is 5.97 Å². The monoisotopic (exact) mass is 194 g/mol. The molecule has 1 unspecified atom stereocenters. The van der Waals surface area contributed by atoms with E-state index in [1.54, 1.807) is 0 Å². The van der Waals surface area contributed by atoms with Gasteiger partial charge in [-0.1, -0.05) is 25.8 Å². The summed E-state index contributed by atoms with van der Waals surface area (Å²) in [5.41, 5.74) is 1.09. The Kier molecular flexibility index (Phi) is 2.62. The molecule has 0 N–H and O–H groups in total. The summed E-state index contributed by atoms with van der Waals surface area (Å²) in [5, 5.41) is 0. The van der Waals surface area contributed by atoms with Crippen LogP contribution in [-0.4, -0.2) is 12.6 Å². The average molecular weight is 194 g/mol. The summed E-state index contributed by atoms with van der Waals surface area (Å²) >= 11 is 0. The molecule has 14 heavy (non-hydrogen) atoms. The second kappa shape index (κ2) is 3.76. The molecule has 0 saturated carbocycles. The number of hydrogen-bond acceptors (Lipinski definition) is 2. The standard InChI is InChI=1S/C12H18O2/c1-2-3-7-12-8-5-4-6-10(12)11(13)14-9-12/h6H,2-5,7-9H2,1H3. The first kappa shape index (κ1) is 9.75. The second-order valence-corrected chi connectivity index (χ2v) is 4.47. The van der Waals surface area contributed by atoms with Crippen LogP contribution in [0.1, 0.15) is 45.4 Å². The van der Waals surface area contributed by atoms with E-state index in [9.17, 15) is 4.79 Å². The van der Waals surface area contributed by atoms with E-state index >= 15 is 0 Å². The lowest BCUT2D eigenvalue weighted by atomic mass is 9.71. The lowest BCUT2D eigenvalue weighted by Gasteiger charge is -2.30. The summed E-state index contributed by atoms with van der Waals surface area (Å²) in [5.74, 6) is -0.0548. The number of ether oxygens (including phenoxy) is 1. The first-order chi connectivity index (χ1) is 6.78. The summed E-state index contributed by atoms with van der Waals surface area (Å²) in [6.45, 7) is 2.83. The van der Waals surface area contributed by atoms with Gasteiger partial charge in [0.2, 0.25) is 0 Å². The predicted octanol–water partition coefficient (Wildman–Crippen LogP) is 2.83. The van der Waals surface area contributed by atoms with Gasteiger partial charge in [0.05, 0.1) is 0 Å². The van der Waals surface area contributed by atoms with Crippen LogP contribution in [0.5, 0.6) is 0 Å². The van der Waals surface area contributed by atoms with Crippen LogP contribution in [0.25, 0.3) is 0 Å². The highest BCUT2D eigenvalue weighted by atomic mass is 16.5. The van der Waals surface area contributed by atoms with Gasteiger partial charge in [0.1, 0.15) is 6.61 Å². The number of esters is 1. The van der Waals surface area contributed by atoms with E-state index in [-0.39, 0.29) is 11.4 Å². The van der Waals surface area contributed by atoms with Crippen molar-refractivity contribution in [1.29, 1.82) is 0 Å². The molecule has 0 aromatic rings. The Morgan fingerprint density at radius 2 is 2.43 bits per heavy atom. The summed E-state index contributed by atoms with van der Waals surface area (Å²) < 4.78 is 5.19. The van der Waals surface area contributed by atoms with Crippen molar-refractivity contribution >= 4 is 5.97 Å². The molecule has 1 heterocycles. The van der Waals surface area contributed by atoms with Gasteiger partial charge in [0, 0.05) is 11.0 Å². The molecule has 0 amide bonds. The Morgan fingerprint density at radius 1 is 1.57 bits per heavy atom. The van der Waals surface area contributed by atoms with Crippen LogP contribution < -0.4 is 0 Å². The second-order valence-electron chi connectivity index (χ2n) is 4.47. The molecule has 1 aliphatic heterocycles. The number of carbonyl (C=O) groups is 1. The zero-order valence-electron chi connectivity index (χ0n) is 8.84. The van der Waals surface area contributed by atoms with Crippen molar-refractivity contribution in [3.63, 3.8) is 0 Å². The zero-order chi connectivity index (χ0) is 10.0. The zero-order valence-corrected chi connectivity index (χ0v) is 8.84. The molecule has 2 heteroatoms. The predicted molar refractivity (Wildman–Crippen MR) is 54.9 cm³/mol. The highest BCUT2D eigenvalue weighted by Crippen LogP contribution is 2.46. The highest BCUT2D eigenvalue weighted by molar-refractivity contribution is 5.92. The molecule has 1 aliphatic carbocycles. The third-order valence-electron chi connectivity index (χ3n) is 3.49. The minimum absolute atomic E-state index is 0.0548. The molecule has 2 rings (SSSR count). The Balaban J connectivity index is 2.18. The molecule has 1 fully saturated rings. The minimum Gasteiger partial charge on any atom is -0.461 e. The molecule has 2 aliphatic rings. The van der Waals surface area contributed by atoms with Crippen molar-refractivity contribution in [3.8, 4) is 0 Å². The Labute approximate surface area is 85.3 Å². The van der Waals surface area contributed by atoms with Gasteiger partial charge in [-0.15, -0.1) is 0 Å². The number of hydrogen-bond donors (Lipinski definition) is 0. The van der Waals surface area contributed by atoms with Gasteiger partial charge in [-0.2, -0.15) is 0 Å². The van der Waals surface area contributed by atoms with Crippen LogP contribution in [0.15, 0.2) is 11.6 Å². The lowest BCUT2D eigenvalue weighted by molar-refractivity contribution is -0.135. The molecule has 1 saturated heterocycles. The van der Waals surface area contributed by atoms with Crippen LogP contribution in [0.3, 0.4) is 0 Å². The summed E-state index contributed by atoms with van der Waals surface area (Å²) in [6.07, 6.45) is 9.04. The van der Waals surface area contributed by atoms with Crippen molar-refractivity contribution in [1.82, 2.24) is 0 Å². The topological polar surface area (TPSA) is 26.3 Å². The van der Waals surface area contributed by atoms with E-state index < -0.39 is 0 Å². The van der Waals surface area contributed by atoms with Crippen LogP contribution in [0.2, 0.25) is 0 Å². The Hall–Kier alpha value is -0.790. The van der Waals surface area contributed by atoms with Crippen LogP contribution in [0, 0.1) is 5.41 Å². The first-order valence-electron chi connectivity index (χ1n) is 5.66. The third kappa shape index (κ3) is 1.47.